The van der Waals surface area contributed by atoms with Gasteiger partial charge in [0.1, 0.15) is 30.5 Å². The Morgan fingerprint density at radius 2 is 1.24 bits per heavy atom. The highest BCUT2D eigenvalue weighted by atomic mass is 16.5. The molecule has 1 saturated heterocycles. The summed E-state index contributed by atoms with van der Waals surface area (Å²) in [7, 11) is 0. The van der Waals surface area contributed by atoms with Crippen LogP contribution >= 0.6 is 0 Å². The number of ketones is 1. The fourth-order valence-corrected chi connectivity index (χ4v) is 5.55. The Morgan fingerprint density at radius 1 is 0.733 bits per heavy atom. The molecule has 7 heteroatoms. The molecule has 4 aromatic rings. The number of likely N-dealkylation sites (tertiary alicyclic amines) is 1. The quantitative estimate of drug-likeness (QED) is 0.0949. The van der Waals surface area contributed by atoms with Crippen LogP contribution in [0.15, 0.2) is 115 Å². The summed E-state index contributed by atoms with van der Waals surface area (Å²) in [5.41, 5.74) is 3.35. The number of carbonyl (C=O) groups is 2. The fraction of sp³-hybridized carbons (Fsp3) is 0.263. The highest BCUT2D eigenvalue weighted by Gasteiger charge is 2.45. The SMILES string of the molecule is CCN(CC)CCCN1C(=O)C(=O)/C(=C(/O)c2ccc(OCc3ccccc3)cc2)C1c1ccc(OCc2ccccc2)cc1. The van der Waals surface area contributed by atoms with E-state index in [2.05, 4.69) is 18.7 Å². The summed E-state index contributed by atoms with van der Waals surface area (Å²) in [6, 6.07) is 33.4. The Bertz CT molecular complexity index is 1580. The van der Waals surface area contributed by atoms with Gasteiger partial charge in [-0.25, -0.2) is 0 Å². The van der Waals surface area contributed by atoms with Gasteiger partial charge >= 0.3 is 0 Å². The number of ether oxygens (including phenoxy) is 2. The molecule has 1 aliphatic heterocycles. The minimum Gasteiger partial charge on any atom is -0.507 e. The Morgan fingerprint density at radius 3 is 1.76 bits per heavy atom. The molecular weight excluding hydrogens is 564 g/mol. The van der Waals surface area contributed by atoms with Crippen molar-refractivity contribution < 1.29 is 24.2 Å². The van der Waals surface area contributed by atoms with E-state index in [1.54, 1.807) is 29.2 Å². The first-order valence-corrected chi connectivity index (χ1v) is 15.5. The topological polar surface area (TPSA) is 79.3 Å². The molecule has 0 bridgehead atoms. The lowest BCUT2D eigenvalue weighted by molar-refractivity contribution is -0.140. The second-order valence-corrected chi connectivity index (χ2v) is 11.0. The van der Waals surface area contributed by atoms with Gasteiger partial charge in [-0.05, 0) is 79.1 Å². The first-order valence-electron chi connectivity index (χ1n) is 15.5. The van der Waals surface area contributed by atoms with Crippen LogP contribution in [-0.2, 0) is 22.8 Å². The predicted octanol–water partition coefficient (Wildman–Crippen LogP) is 7.00. The molecule has 0 saturated carbocycles. The molecule has 1 heterocycles. The van der Waals surface area contributed by atoms with Crippen LogP contribution in [0.1, 0.15) is 48.6 Å². The van der Waals surface area contributed by atoms with Crippen molar-refractivity contribution in [1.82, 2.24) is 9.80 Å². The van der Waals surface area contributed by atoms with Crippen LogP contribution in [0.4, 0.5) is 0 Å². The number of aliphatic hydroxyl groups is 1. The fourth-order valence-electron chi connectivity index (χ4n) is 5.55. The first kappa shape index (κ1) is 31.5. The van der Waals surface area contributed by atoms with Gasteiger partial charge in [-0.15, -0.1) is 0 Å². The number of amides is 1. The van der Waals surface area contributed by atoms with Gasteiger partial charge in [-0.2, -0.15) is 0 Å². The third-order valence-corrected chi connectivity index (χ3v) is 8.13. The highest BCUT2D eigenvalue weighted by Crippen LogP contribution is 2.40. The van der Waals surface area contributed by atoms with Crippen LogP contribution in [0.3, 0.4) is 0 Å². The van der Waals surface area contributed by atoms with Crippen LogP contribution in [0.5, 0.6) is 11.5 Å². The second-order valence-electron chi connectivity index (χ2n) is 11.0. The summed E-state index contributed by atoms with van der Waals surface area (Å²) < 4.78 is 11.9. The summed E-state index contributed by atoms with van der Waals surface area (Å²) in [6.45, 7) is 8.07. The van der Waals surface area contributed by atoms with Gasteiger partial charge < -0.3 is 24.4 Å². The van der Waals surface area contributed by atoms with Crippen molar-refractivity contribution in [3.05, 3.63) is 137 Å². The van der Waals surface area contributed by atoms with Crippen molar-refractivity contribution in [2.24, 2.45) is 0 Å². The summed E-state index contributed by atoms with van der Waals surface area (Å²) in [5, 5.41) is 11.5. The molecule has 0 spiro atoms. The maximum atomic E-state index is 13.5. The average molecular weight is 605 g/mol. The van der Waals surface area contributed by atoms with Gasteiger partial charge in [-0.1, -0.05) is 86.6 Å². The maximum absolute atomic E-state index is 13.5. The van der Waals surface area contributed by atoms with Crippen LogP contribution in [0, 0.1) is 0 Å². The lowest BCUT2D eigenvalue weighted by atomic mass is 9.95. The van der Waals surface area contributed by atoms with Crippen LogP contribution in [0.2, 0.25) is 0 Å². The zero-order valence-corrected chi connectivity index (χ0v) is 25.9. The Labute approximate surface area is 265 Å². The van der Waals surface area contributed by atoms with E-state index >= 15 is 0 Å². The number of carbonyl (C=O) groups excluding carboxylic acids is 2. The molecule has 0 radical (unpaired) electrons. The molecule has 0 aliphatic carbocycles. The van der Waals surface area contributed by atoms with Crippen LogP contribution in [0.25, 0.3) is 5.76 Å². The Balaban J connectivity index is 1.40. The molecule has 1 amide bonds. The summed E-state index contributed by atoms with van der Waals surface area (Å²) in [6.07, 6.45) is 0.705. The monoisotopic (exact) mass is 604 g/mol. The second kappa shape index (κ2) is 15.2. The zero-order valence-electron chi connectivity index (χ0n) is 25.9. The van der Waals surface area contributed by atoms with E-state index in [0.29, 0.717) is 43.2 Å². The van der Waals surface area contributed by atoms with Crippen molar-refractivity contribution in [2.45, 2.75) is 39.5 Å². The predicted molar refractivity (Wildman–Crippen MR) is 176 cm³/mol. The third kappa shape index (κ3) is 7.80. The molecular formula is C38H40N2O5. The van der Waals surface area contributed by atoms with Crippen LogP contribution < -0.4 is 9.47 Å². The zero-order chi connectivity index (χ0) is 31.6. The first-order chi connectivity index (χ1) is 22.0. The minimum absolute atomic E-state index is 0.0822. The van der Waals surface area contributed by atoms with E-state index in [0.717, 1.165) is 36.3 Å². The lowest BCUT2D eigenvalue weighted by Gasteiger charge is -2.27. The molecule has 1 fully saturated rings. The van der Waals surface area contributed by atoms with E-state index in [1.807, 2.05) is 84.9 Å². The van der Waals surface area contributed by atoms with Crippen molar-refractivity contribution in [1.29, 1.82) is 0 Å². The minimum atomic E-state index is -0.723. The van der Waals surface area contributed by atoms with E-state index in [-0.39, 0.29) is 11.3 Å². The molecule has 4 aromatic carbocycles. The third-order valence-electron chi connectivity index (χ3n) is 8.13. The average Bonchev–Trinajstić information content (AvgIpc) is 3.34. The van der Waals surface area contributed by atoms with Crippen molar-refractivity contribution in [3.63, 3.8) is 0 Å². The van der Waals surface area contributed by atoms with Crippen LogP contribution in [-0.4, -0.2) is 52.8 Å². The van der Waals surface area contributed by atoms with Gasteiger partial charge in [0.2, 0.25) is 0 Å². The molecule has 45 heavy (non-hydrogen) atoms. The molecule has 1 N–H and O–H groups in total. The Kier molecular flexibility index (Phi) is 10.7. The van der Waals surface area contributed by atoms with Crippen molar-refractivity contribution >= 4 is 17.4 Å². The molecule has 7 nitrogen and oxygen atoms in total. The van der Waals surface area contributed by atoms with E-state index in [1.165, 1.54) is 0 Å². The van der Waals surface area contributed by atoms with Crippen molar-refractivity contribution in [3.8, 4) is 11.5 Å². The van der Waals surface area contributed by atoms with Gasteiger partial charge in [-0.3, -0.25) is 9.59 Å². The number of benzene rings is 4. The van der Waals surface area contributed by atoms with Gasteiger partial charge in [0, 0.05) is 12.1 Å². The maximum Gasteiger partial charge on any atom is 0.295 e. The van der Waals surface area contributed by atoms with E-state index < -0.39 is 17.7 Å². The van der Waals surface area contributed by atoms with Gasteiger partial charge in [0.25, 0.3) is 11.7 Å². The van der Waals surface area contributed by atoms with Gasteiger partial charge in [0.05, 0.1) is 11.6 Å². The number of Topliss-reactive ketones (excluding diaryl/α,β-unsaturated/α-hetero) is 1. The lowest BCUT2D eigenvalue weighted by Crippen LogP contribution is -2.33. The number of hydrogen-bond donors (Lipinski definition) is 1. The molecule has 0 aromatic heterocycles. The molecule has 5 rings (SSSR count). The molecule has 1 aliphatic rings. The molecule has 1 unspecified atom stereocenters. The van der Waals surface area contributed by atoms with Crippen molar-refractivity contribution in [2.75, 3.05) is 26.2 Å². The number of aliphatic hydroxyl groups excluding tert-OH is 1. The number of nitrogens with zero attached hydrogens (tertiary/aromatic N) is 2. The Hall–Kier alpha value is -4.88. The number of rotatable bonds is 14. The molecule has 1 atom stereocenters. The normalized spacial score (nSPS) is 15.9. The largest absolute Gasteiger partial charge is 0.507 e. The van der Waals surface area contributed by atoms with E-state index in [9.17, 15) is 14.7 Å². The summed E-state index contributed by atoms with van der Waals surface area (Å²) in [4.78, 5) is 30.8. The number of hydrogen-bond acceptors (Lipinski definition) is 6. The van der Waals surface area contributed by atoms with E-state index in [4.69, 9.17) is 9.47 Å². The summed E-state index contributed by atoms with van der Waals surface area (Å²) in [5.74, 6) is -0.187. The molecule has 232 valence electrons. The van der Waals surface area contributed by atoms with Gasteiger partial charge in [0.15, 0.2) is 0 Å². The standard InChI is InChI=1S/C38H40N2O5/c1-3-39(4-2)24-11-25-40-35(30-16-20-32(21-17-30)44-26-28-12-7-5-8-13-28)34(37(42)38(40)43)36(41)31-18-22-33(23-19-31)45-27-29-14-9-6-10-15-29/h5-10,12-23,35,41H,3-4,11,24-27H2,1-2H3/b36-34+. The highest BCUT2D eigenvalue weighted by molar-refractivity contribution is 6.46. The smallest absolute Gasteiger partial charge is 0.295 e. The summed E-state index contributed by atoms with van der Waals surface area (Å²) >= 11 is 0.